The number of nitrogens with zero attached hydrogens (tertiary/aromatic N) is 2. The predicted octanol–water partition coefficient (Wildman–Crippen LogP) is 5.39. The van der Waals surface area contributed by atoms with Crippen LogP contribution < -0.4 is 19.7 Å². The Morgan fingerprint density at radius 2 is 1.59 bits per heavy atom. The first-order chi connectivity index (χ1) is 19.7. The smallest absolute Gasteiger partial charge is 0.309 e. The van der Waals surface area contributed by atoms with Gasteiger partial charge in [0.2, 0.25) is 12.7 Å². The zero-order chi connectivity index (χ0) is 29.3. The van der Waals surface area contributed by atoms with Gasteiger partial charge in [-0.15, -0.1) is 0 Å². The molecule has 1 amide bonds. The van der Waals surface area contributed by atoms with Gasteiger partial charge in [0.1, 0.15) is 0 Å². The van der Waals surface area contributed by atoms with Crippen molar-refractivity contribution in [3.8, 4) is 11.5 Å². The summed E-state index contributed by atoms with van der Waals surface area (Å²) in [5.74, 6) is -0.869. The molecule has 2 N–H and O–H groups in total. The Balaban J connectivity index is 1.49. The van der Waals surface area contributed by atoms with Gasteiger partial charge in [0, 0.05) is 44.0 Å². The SMILES string of the molecule is CCc1cc(C)cc(CC)c1NC(=O)CN1C[C@H](c2ccc3c(c2)OCO3)[C@@H](C(=O)O)[C@@H]1c1ccc(N(C)C)cc1. The third-order valence-corrected chi connectivity index (χ3v) is 8.28. The minimum absolute atomic E-state index is 0.0745. The van der Waals surface area contributed by atoms with Crippen LogP contribution in [0.4, 0.5) is 11.4 Å². The molecule has 2 heterocycles. The highest BCUT2D eigenvalue weighted by atomic mass is 16.7. The first-order valence-corrected chi connectivity index (χ1v) is 14.3. The molecule has 3 aromatic carbocycles. The number of carbonyl (C=O) groups is 2. The average Bonchev–Trinajstić information content (AvgIpc) is 3.58. The van der Waals surface area contributed by atoms with E-state index in [1.807, 2.05) is 66.4 Å². The molecular formula is C33H39N3O5. The second kappa shape index (κ2) is 11.8. The molecule has 8 heteroatoms. The summed E-state index contributed by atoms with van der Waals surface area (Å²) in [6.07, 6.45) is 1.62. The molecule has 3 aromatic rings. The molecule has 216 valence electrons. The second-order valence-electron chi connectivity index (χ2n) is 11.2. The van der Waals surface area contributed by atoms with Crippen LogP contribution in [0.15, 0.2) is 54.6 Å². The molecule has 0 aliphatic carbocycles. The van der Waals surface area contributed by atoms with Crippen LogP contribution in [-0.2, 0) is 22.4 Å². The summed E-state index contributed by atoms with van der Waals surface area (Å²) in [6, 6.07) is 17.3. The van der Waals surface area contributed by atoms with Crippen LogP contribution >= 0.6 is 0 Å². The molecule has 41 heavy (non-hydrogen) atoms. The molecule has 5 rings (SSSR count). The molecule has 8 nitrogen and oxygen atoms in total. The van der Waals surface area contributed by atoms with Gasteiger partial charge in [-0.25, -0.2) is 0 Å². The molecule has 1 fully saturated rings. The van der Waals surface area contributed by atoms with Crippen molar-refractivity contribution in [3.05, 3.63) is 82.4 Å². The summed E-state index contributed by atoms with van der Waals surface area (Å²) in [5.41, 5.74) is 7.02. The fourth-order valence-corrected chi connectivity index (χ4v) is 6.26. The number of carbonyl (C=O) groups excluding carboxylic acids is 1. The molecule has 0 aromatic heterocycles. The van der Waals surface area contributed by atoms with Gasteiger partial charge in [-0.2, -0.15) is 0 Å². The van der Waals surface area contributed by atoms with Crippen molar-refractivity contribution in [1.82, 2.24) is 4.90 Å². The van der Waals surface area contributed by atoms with Gasteiger partial charge in [0.05, 0.1) is 12.5 Å². The number of nitrogens with one attached hydrogen (secondary N) is 1. The number of fused-ring (bicyclic) bond motifs is 1. The van der Waals surface area contributed by atoms with E-state index in [1.54, 1.807) is 0 Å². The van der Waals surface area contributed by atoms with Crippen LogP contribution in [0.5, 0.6) is 11.5 Å². The lowest BCUT2D eigenvalue weighted by atomic mass is 9.82. The number of hydrogen-bond acceptors (Lipinski definition) is 6. The number of anilines is 2. The van der Waals surface area contributed by atoms with E-state index >= 15 is 0 Å². The Morgan fingerprint density at radius 3 is 2.20 bits per heavy atom. The number of aliphatic carboxylic acids is 1. The third kappa shape index (κ3) is 5.75. The molecule has 0 radical (unpaired) electrons. The summed E-state index contributed by atoms with van der Waals surface area (Å²) in [4.78, 5) is 30.6. The van der Waals surface area contributed by atoms with Crippen molar-refractivity contribution >= 4 is 23.3 Å². The van der Waals surface area contributed by atoms with E-state index in [9.17, 15) is 14.7 Å². The van der Waals surface area contributed by atoms with Crippen molar-refractivity contribution in [1.29, 1.82) is 0 Å². The van der Waals surface area contributed by atoms with Crippen LogP contribution in [0.25, 0.3) is 0 Å². The maximum Gasteiger partial charge on any atom is 0.309 e. The highest BCUT2D eigenvalue weighted by molar-refractivity contribution is 5.94. The Morgan fingerprint density at radius 1 is 0.951 bits per heavy atom. The Kier molecular flexibility index (Phi) is 8.22. The summed E-state index contributed by atoms with van der Waals surface area (Å²) < 4.78 is 11.1. The van der Waals surface area contributed by atoms with E-state index < -0.39 is 17.9 Å². The first kappa shape index (κ1) is 28.5. The molecule has 0 unspecified atom stereocenters. The van der Waals surface area contributed by atoms with Crippen LogP contribution in [0.3, 0.4) is 0 Å². The predicted molar refractivity (Wildman–Crippen MR) is 160 cm³/mol. The maximum atomic E-state index is 13.6. The van der Waals surface area contributed by atoms with Gasteiger partial charge >= 0.3 is 5.97 Å². The lowest BCUT2D eigenvalue weighted by Crippen LogP contribution is -2.35. The molecule has 0 spiro atoms. The zero-order valence-electron chi connectivity index (χ0n) is 24.4. The average molecular weight is 558 g/mol. The molecule has 2 aliphatic rings. The third-order valence-electron chi connectivity index (χ3n) is 8.28. The number of amides is 1. The lowest BCUT2D eigenvalue weighted by Gasteiger charge is -2.27. The summed E-state index contributed by atoms with van der Waals surface area (Å²) in [5, 5.41) is 13.8. The quantitative estimate of drug-likeness (QED) is 0.364. The van der Waals surface area contributed by atoms with Gasteiger partial charge in [-0.05, 0) is 66.3 Å². The number of carboxylic acids is 1. The molecule has 0 bridgehead atoms. The van der Waals surface area contributed by atoms with E-state index in [0.29, 0.717) is 18.0 Å². The number of benzene rings is 3. The van der Waals surface area contributed by atoms with E-state index in [1.165, 1.54) is 5.56 Å². The largest absolute Gasteiger partial charge is 0.481 e. The summed E-state index contributed by atoms with van der Waals surface area (Å²) >= 11 is 0. The fourth-order valence-electron chi connectivity index (χ4n) is 6.26. The number of ether oxygens (including phenoxy) is 2. The van der Waals surface area contributed by atoms with Gasteiger partial charge in [-0.1, -0.05) is 49.7 Å². The minimum Gasteiger partial charge on any atom is -0.481 e. The monoisotopic (exact) mass is 557 g/mol. The molecular weight excluding hydrogens is 518 g/mol. The number of aryl methyl sites for hydroxylation is 3. The lowest BCUT2D eigenvalue weighted by molar-refractivity contribution is -0.143. The molecule has 1 saturated heterocycles. The highest BCUT2D eigenvalue weighted by Gasteiger charge is 2.48. The van der Waals surface area contributed by atoms with E-state index in [-0.39, 0.29) is 25.2 Å². The number of rotatable bonds is 9. The van der Waals surface area contributed by atoms with Crippen molar-refractivity contribution in [2.45, 2.75) is 45.6 Å². The van der Waals surface area contributed by atoms with E-state index in [0.717, 1.165) is 46.5 Å². The number of hydrogen-bond donors (Lipinski definition) is 2. The highest BCUT2D eigenvalue weighted by Crippen LogP contribution is 2.47. The van der Waals surface area contributed by atoms with E-state index in [4.69, 9.17) is 9.47 Å². The Hall–Kier alpha value is -4.04. The van der Waals surface area contributed by atoms with Gasteiger partial charge in [-0.3, -0.25) is 14.5 Å². The van der Waals surface area contributed by atoms with Crippen molar-refractivity contribution < 1.29 is 24.2 Å². The fraction of sp³-hybridized carbons (Fsp3) is 0.394. The normalized spacial score (nSPS) is 19.8. The zero-order valence-corrected chi connectivity index (χ0v) is 24.4. The molecule has 0 saturated carbocycles. The van der Waals surface area contributed by atoms with Crippen LogP contribution in [0.1, 0.15) is 53.6 Å². The van der Waals surface area contributed by atoms with Crippen LogP contribution in [0.2, 0.25) is 0 Å². The van der Waals surface area contributed by atoms with Crippen LogP contribution in [0, 0.1) is 12.8 Å². The number of likely N-dealkylation sites (tertiary alicyclic amines) is 1. The minimum atomic E-state index is -0.891. The summed E-state index contributed by atoms with van der Waals surface area (Å²) in [7, 11) is 3.94. The first-order valence-electron chi connectivity index (χ1n) is 14.3. The van der Waals surface area contributed by atoms with Crippen molar-refractivity contribution in [2.75, 3.05) is 44.2 Å². The topological polar surface area (TPSA) is 91.3 Å². The van der Waals surface area contributed by atoms with Crippen molar-refractivity contribution in [2.24, 2.45) is 5.92 Å². The van der Waals surface area contributed by atoms with Crippen molar-refractivity contribution in [3.63, 3.8) is 0 Å². The Bertz CT molecular complexity index is 1410. The number of carboxylic acid groups (broad SMARTS) is 1. The summed E-state index contributed by atoms with van der Waals surface area (Å²) in [6.45, 7) is 6.89. The molecule has 2 aliphatic heterocycles. The standard InChI is InChI=1S/C33H39N3O5/c1-6-21-14-20(3)15-22(7-2)31(21)34-29(37)18-36-17-26(24-10-13-27-28(16-24)41-19-40-27)30(33(38)39)32(36)23-8-11-25(12-9-23)35(4)5/h8-16,26,30,32H,6-7,17-19H2,1-5H3,(H,34,37)(H,38,39)/t26-,30-,32+/m1/s1. The van der Waals surface area contributed by atoms with Gasteiger partial charge in [0.15, 0.2) is 11.5 Å². The van der Waals surface area contributed by atoms with Crippen LogP contribution in [-0.4, -0.2) is 55.9 Å². The van der Waals surface area contributed by atoms with Gasteiger partial charge in [0.25, 0.3) is 0 Å². The molecule has 3 atom stereocenters. The maximum absolute atomic E-state index is 13.6. The Labute approximate surface area is 241 Å². The second-order valence-corrected chi connectivity index (χ2v) is 11.2. The van der Waals surface area contributed by atoms with E-state index in [2.05, 4.69) is 38.2 Å². The van der Waals surface area contributed by atoms with Gasteiger partial charge < -0.3 is 24.8 Å².